The number of benzene rings is 2. The summed E-state index contributed by atoms with van der Waals surface area (Å²) in [7, 11) is 0. The Morgan fingerprint density at radius 2 is 2.04 bits per heavy atom. The standard InChI is InChI=1S/C19H17N3O3S/c1-2-12-21-16-10-9-15(22(24)25)13-17(16)26-19(21)20-18(23)11-8-14-6-4-3-5-7-14/h2-7,9-10,13H,1,8,11-12H2. The number of carbonyl (C=O) groups excluding carboxylic acids is 1. The number of fused-ring (bicyclic) bond motifs is 1. The van der Waals surface area contributed by atoms with E-state index >= 15 is 0 Å². The Balaban J connectivity index is 1.92. The van der Waals surface area contributed by atoms with E-state index in [2.05, 4.69) is 11.6 Å². The fourth-order valence-corrected chi connectivity index (χ4v) is 3.71. The van der Waals surface area contributed by atoms with Gasteiger partial charge < -0.3 is 4.57 Å². The number of carbonyl (C=O) groups is 1. The van der Waals surface area contributed by atoms with Gasteiger partial charge in [0.2, 0.25) is 5.91 Å². The summed E-state index contributed by atoms with van der Waals surface area (Å²) in [5.41, 5.74) is 1.91. The average Bonchev–Trinajstić information content (AvgIpc) is 2.97. The van der Waals surface area contributed by atoms with Crippen LogP contribution >= 0.6 is 11.3 Å². The Morgan fingerprint density at radius 1 is 1.27 bits per heavy atom. The highest BCUT2D eigenvalue weighted by molar-refractivity contribution is 7.16. The zero-order chi connectivity index (χ0) is 18.5. The third kappa shape index (κ3) is 3.94. The lowest BCUT2D eigenvalue weighted by Gasteiger charge is -2.01. The molecule has 0 aliphatic carbocycles. The summed E-state index contributed by atoms with van der Waals surface area (Å²) < 4.78 is 2.56. The Labute approximate surface area is 153 Å². The van der Waals surface area contributed by atoms with E-state index in [0.29, 0.717) is 24.2 Å². The predicted molar refractivity (Wildman–Crippen MR) is 102 cm³/mol. The summed E-state index contributed by atoms with van der Waals surface area (Å²) in [4.78, 5) is 27.6. The number of nitrogens with zero attached hydrogens (tertiary/aromatic N) is 3. The van der Waals surface area contributed by atoms with Crippen LogP contribution in [0.1, 0.15) is 12.0 Å². The van der Waals surface area contributed by atoms with Crippen molar-refractivity contribution in [1.29, 1.82) is 0 Å². The van der Waals surface area contributed by atoms with Gasteiger partial charge in [-0.2, -0.15) is 4.99 Å². The van der Waals surface area contributed by atoms with E-state index in [-0.39, 0.29) is 11.6 Å². The summed E-state index contributed by atoms with van der Waals surface area (Å²) in [6.07, 6.45) is 2.65. The molecule has 0 saturated carbocycles. The monoisotopic (exact) mass is 367 g/mol. The topological polar surface area (TPSA) is 77.5 Å². The van der Waals surface area contributed by atoms with Crippen LogP contribution in [0.15, 0.2) is 66.2 Å². The van der Waals surface area contributed by atoms with E-state index in [0.717, 1.165) is 15.8 Å². The van der Waals surface area contributed by atoms with Crippen molar-refractivity contribution in [2.24, 2.45) is 4.99 Å². The molecular weight excluding hydrogens is 350 g/mol. The second kappa shape index (κ2) is 7.88. The fourth-order valence-electron chi connectivity index (χ4n) is 2.62. The molecule has 132 valence electrons. The first kappa shape index (κ1) is 17.8. The van der Waals surface area contributed by atoms with Crippen molar-refractivity contribution in [3.05, 3.63) is 81.7 Å². The molecule has 0 saturated heterocycles. The molecule has 0 bridgehead atoms. The van der Waals surface area contributed by atoms with Crippen LogP contribution in [0.5, 0.6) is 0 Å². The maximum atomic E-state index is 12.3. The number of hydrogen-bond acceptors (Lipinski definition) is 4. The van der Waals surface area contributed by atoms with Crippen LogP contribution in [-0.2, 0) is 17.8 Å². The van der Waals surface area contributed by atoms with Crippen LogP contribution < -0.4 is 4.80 Å². The van der Waals surface area contributed by atoms with Crippen molar-refractivity contribution < 1.29 is 9.72 Å². The van der Waals surface area contributed by atoms with Gasteiger partial charge in [0, 0.05) is 25.1 Å². The number of nitro benzene ring substituents is 1. The van der Waals surface area contributed by atoms with Gasteiger partial charge in [-0.1, -0.05) is 47.7 Å². The van der Waals surface area contributed by atoms with E-state index in [9.17, 15) is 14.9 Å². The largest absolute Gasteiger partial charge is 0.312 e. The molecule has 0 N–H and O–H groups in total. The molecule has 0 atom stereocenters. The predicted octanol–water partition coefficient (Wildman–Crippen LogP) is 3.86. The van der Waals surface area contributed by atoms with Crippen molar-refractivity contribution in [3.8, 4) is 0 Å². The summed E-state index contributed by atoms with van der Waals surface area (Å²) >= 11 is 1.27. The third-order valence-electron chi connectivity index (χ3n) is 3.88. The molecule has 2 aromatic carbocycles. The zero-order valence-corrected chi connectivity index (χ0v) is 14.8. The van der Waals surface area contributed by atoms with Gasteiger partial charge in [0.25, 0.3) is 5.69 Å². The number of allylic oxidation sites excluding steroid dienone is 1. The lowest BCUT2D eigenvalue weighted by molar-refractivity contribution is -0.384. The minimum absolute atomic E-state index is 0.0199. The molecule has 0 unspecified atom stereocenters. The number of thiazole rings is 1. The van der Waals surface area contributed by atoms with Crippen molar-refractivity contribution in [3.63, 3.8) is 0 Å². The minimum atomic E-state index is -0.432. The lowest BCUT2D eigenvalue weighted by atomic mass is 10.1. The van der Waals surface area contributed by atoms with Gasteiger partial charge in [-0.25, -0.2) is 0 Å². The normalized spacial score (nSPS) is 11.6. The molecule has 1 heterocycles. The molecule has 26 heavy (non-hydrogen) atoms. The van der Waals surface area contributed by atoms with Crippen LogP contribution in [0.4, 0.5) is 5.69 Å². The Bertz CT molecular complexity index is 1040. The maximum Gasteiger partial charge on any atom is 0.270 e. The quantitative estimate of drug-likeness (QED) is 0.377. The Morgan fingerprint density at radius 3 is 2.73 bits per heavy atom. The van der Waals surface area contributed by atoms with Crippen LogP contribution in [0.2, 0.25) is 0 Å². The van der Waals surface area contributed by atoms with Gasteiger partial charge in [0.05, 0.1) is 15.1 Å². The smallest absolute Gasteiger partial charge is 0.270 e. The van der Waals surface area contributed by atoms with E-state index < -0.39 is 4.92 Å². The molecule has 1 amide bonds. The molecule has 7 heteroatoms. The van der Waals surface area contributed by atoms with Gasteiger partial charge in [-0.15, -0.1) is 6.58 Å². The number of aromatic nitrogens is 1. The van der Waals surface area contributed by atoms with Crippen LogP contribution in [0.3, 0.4) is 0 Å². The van der Waals surface area contributed by atoms with Crippen molar-refractivity contribution in [2.75, 3.05) is 0 Å². The second-order valence-corrected chi connectivity index (χ2v) is 6.69. The van der Waals surface area contributed by atoms with E-state index in [4.69, 9.17) is 0 Å². The van der Waals surface area contributed by atoms with Crippen LogP contribution in [0, 0.1) is 10.1 Å². The first-order valence-corrected chi connectivity index (χ1v) is 8.90. The average molecular weight is 367 g/mol. The van der Waals surface area contributed by atoms with Crippen molar-refractivity contribution >= 4 is 33.1 Å². The van der Waals surface area contributed by atoms with Crippen molar-refractivity contribution in [1.82, 2.24) is 4.57 Å². The third-order valence-corrected chi connectivity index (χ3v) is 4.92. The first-order chi connectivity index (χ1) is 12.6. The first-order valence-electron chi connectivity index (χ1n) is 8.08. The van der Waals surface area contributed by atoms with Gasteiger partial charge in [-0.05, 0) is 18.1 Å². The summed E-state index contributed by atoms with van der Waals surface area (Å²) in [5.74, 6) is -0.215. The Hall–Kier alpha value is -3.06. The molecule has 0 spiro atoms. The molecular formula is C19H17N3O3S. The lowest BCUT2D eigenvalue weighted by Crippen LogP contribution is -2.16. The van der Waals surface area contributed by atoms with Gasteiger partial charge in [-0.3, -0.25) is 14.9 Å². The summed E-state index contributed by atoms with van der Waals surface area (Å²) in [6, 6.07) is 14.4. The Kier molecular flexibility index (Phi) is 5.38. The highest BCUT2D eigenvalue weighted by atomic mass is 32.1. The molecule has 3 rings (SSSR count). The van der Waals surface area contributed by atoms with E-state index in [1.54, 1.807) is 12.1 Å². The number of non-ortho nitro benzene ring substituents is 1. The summed E-state index contributed by atoms with van der Waals surface area (Å²) in [6.45, 7) is 4.21. The zero-order valence-electron chi connectivity index (χ0n) is 14.0. The molecule has 6 nitrogen and oxygen atoms in total. The SMILES string of the molecule is C=CCn1c(=NC(=O)CCc2ccccc2)sc2cc([N+](=O)[O-])ccc21. The van der Waals surface area contributed by atoms with Gasteiger partial charge in [0.1, 0.15) is 0 Å². The fraction of sp³-hybridized carbons (Fsp3) is 0.158. The highest BCUT2D eigenvalue weighted by Crippen LogP contribution is 2.23. The van der Waals surface area contributed by atoms with E-state index in [1.165, 1.54) is 23.5 Å². The van der Waals surface area contributed by atoms with Crippen LogP contribution in [-0.4, -0.2) is 15.4 Å². The van der Waals surface area contributed by atoms with Crippen molar-refractivity contribution in [2.45, 2.75) is 19.4 Å². The van der Waals surface area contributed by atoms with Gasteiger partial charge >= 0.3 is 0 Å². The number of nitro groups is 1. The maximum absolute atomic E-state index is 12.3. The number of amides is 1. The molecule has 0 aliphatic rings. The van der Waals surface area contributed by atoms with E-state index in [1.807, 2.05) is 34.9 Å². The molecule has 0 aliphatic heterocycles. The number of aryl methyl sites for hydroxylation is 1. The molecule has 1 aromatic heterocycles. The number of hydrogen-bond donors (Lipinski definition) is 0. The summed E-state index contributed by atoms with van der Waals surface area (Å²) in [5, 5.41) is 11.0. The number of rotatable bonds is 6. The second-order valence-electron chi connectivity index (χ2n) is 5.68. The highest BCUT2D eigenvalue weighted by Gasteiger charge is 2.12. The molecule has 0 radical (unpaired) electrons. The van der Waals surface area contributed by atoms with Gasteiger partial charge in [0.15, 0.2) is 4.80 Å². The minimum Gasteiger partial charge on any atom is -0.312 e. The molecule has 0 fully saturated rings. The van der Waals surface area contributed by atoms with Crippen LogP contribution in [0.25, 0.3) is 10.2 Å². The molecule has 3 aromatic rings.